The third-order valence-electron chi connectivity index (χ3n) is 2.48. The molecule has 0 heterocycles. The summed E-state index contributed by atoms with van der Waals surface area (Å²) < 4.78 is 0. The van der Waals surface area contributed by atoms with Gasteiger partial charge in [-0.05, 0) is 6.42 Å². The van der Waals surface area contributed by atoms with Crippen molar-refractivity contribution in [1.82, 2.24) is 5.32 Å². The van der Waals surface area contributed by atoms with Crippen molar-refractivity contribution in [2.45, 2.75) is 58.3 Å². The maximum absolute atomic E-state index is 11.3. The van der Waals surface area contributed by atoms with Crippen LogP contribution in [0.4, 0.5) is 0 Å². The van der Waals surface area contributed by atoms with Gasteiger partial charge in [0.05, 0.1) is 6.54 Å². The molecule has 0 fully saturated rings. The van der Waals surface area contributed by atoms with E-state index in [1.54, 1.807) is 0 Å². The Kier molecular flexibility index (Phi) is 10.7. The van der Waals surface area contributed by atoms with Gasteiger partial charge < -0.3 is 5.32 Å². The molecule has 94 valence electrons. The summed E-state index contributed by atoms with van der Waals surface area (Å²) in [4.78, 5) is 11.3. The summed E-state index contributed by atoms with van der Waals surface area (Å²) in [5, 5.41) is 3.20. The Morgan fingerprint density at radius 2 is 1.69 bits per heavy atom. The second kappa shape index (κ2) is 11.0. The molecule has 0 saturated heterocycles. The average Bonchev–Trinajstić information content (AvgIpc) is 2.25. The molecule has 0 aromatic rings. The van der Waals surface area contributed by atoms with Gasteiger partial charge >= 0.3 is 0 Å². The highest BCUT2D eigenvalue weighted by atomic mass is 35.5. The van der Waals surface area contributed by atoms with Crippen LogP contribution in [0.3, 0.4) is 0 Å². The minimum Gasteiger partial charge on any atom is -0.351 e. The van der Waals surface area contributed by atoms with E-state index in [0.717, 1.165) is 12.8 Å². The Balaban J connectivity index is 3.18. The Labute approximate surface area is 104 Å². The van der Waals surface area contributed by atoms with Gasteiger partial charge in [-0.2, -0.15) is 0 Å². The van der Waals surface area contributed by atoms with Crippen molar-refractivity contribution < 1.29 is 4.79 Å². The van der Waals surface area contributed by atoms with E-state index in [4.69, 9.17) is 11.6 Å². The van der Waals surface area contributed by atoms with Gasteiger partial charge in [-0.3, -0.25) is 4.79 Å². The quantitative estimate of drug-likeness (QED) is 0.580. The Morgan fingerprint density at radius 3 is 2.25 bits per heavy atom. The van der Waals surface area contributed by atoms with E-state index in [1.165, 1.54) is 32.1 Å². The summed E-state index contributed by atoms with van der Waals surface area (Å²) in [6, 6.07) is 0. The normalized spacial score (nSPS) is 10.1. The van der Waals surface area contributed by atoms with Crippen LogP contribution in [0.5, 0.6) is 0 Å². The molecular formula is C13H24ClNO. The van der Waals surface area contributed by atoms with Crippen LogP contribution in [0, 0.1) is 0 Å². The second-order valence-corrected chi connectivity index (χ2v) is 4.70. The lowest BCUT2D eigenvalue weighted by Gasteiger charge is -2.03. The number of hydrogen-bond donors (Lipinski definition) is 1. The number of hydrogen-bond acceptors (Lipinski definition) is 1. The van der Waals surface area contributed by atoms with E-state index in [-0.39, 0.29) is 5.91 Å². The van der Waals surface area contributed by atoms with Gasteiger partial charge in [-0.15, -0.1) is 0 Å². The number of halogens is 1. The average molecular weight is 246 g/mol. The Bertz CT molecular complexity index is 204. The van der Waals surface area contributed by atoms with Gasteiger partial charge in [0.25, 0.3) is 0 Å². The van der Waals surface area contributed by atoms with E-state index in [0.29, 0.717) is 18.0 Å². The zero-order chi connectivity index (χ0) is 12.2. The molecule has 0 unspecified atom stereocenters. The topological polar surface area (TPSA) is 29.1 Å². The first-order valence-corrected chi connectivity index (χ1v) is 6.64. The maximum atomic E-state index is 11.3. The van der Waals surface area contributed by atoms with Crippen molar-refractivity contribution >= 4 is 17.5 Å². The molecular weight excluding hydrogens is 222 g/mol. The van der Waals surface area contributed by atoms with Gasteiger partial charge in [0, 0.05) is 11.5 Å². The number of unbranched alkanes of at least 4 members (excludes halogenated alkanes) is 6. The van der Waals surface area contributed by atoms with Crippen LogP contribution in [-0.4, -0.2) is 12.5 Å². The van der Waals surface area contributed by atoms with Crippen molar-refractivity contribution in [1.29, 1.82) is 0 Å². The van der Waals surface area contributed by atoms with E-state index in [2.05, 4.69) is 18.8 Å². The standard InChI is InChI=1S/C13H24ClNO/c1-3-4-5-6-7-8-9-10-13(16)15-11-12(2)14/h2-11H2,1H3,(H,15,16). The molecule has 0 aliphatic heterocycles. The molecule has 0 radical (unpaired) electrons. The molecule has 0 aliphatic carbocycles. The predicted molar refractivity (Wildman–Crippen MR) is 70.6 cm³/mol. The maximum Gasteiger partial charge on any atom is 0.220 e. The van der Waals surface area contributed by atoms with Gasteiger partial charge in [0.15, 0.2) is 0 Å². The smallest absolute Gasteiger partial charge is 0.220 e. The van der Waals surface area contributed by atoms with E-state index in [9.17, 15) is 4.79 Å². The number of nitrogens with one attached hydrogen (secondary N) is 1. The van der Waals surface area contributed by atoms with Crippen LogP contribution < -0.4 is 5.32 Å². The molecule has 1 amide bonds. The fraction of sp³-hybridized carbons (Fsp3) is 0.769. The van der Waals surface area contributed by atoms with Crippen molar-refractivity contribution in [2.24, 2.45) is 0 Å². The lowest BCUT2D eigenvalue weighted by atomic mass is 10.1. The fourth-order valence-electron chi connectivity index (χ4n) is 1.53. The molecule has 0 aliphatic rings. The highest BCUT2D eigenvalue weighted by Gasteiger charge is 2.00. The zero-order valence-corrected chi connectivity index (χ0v) is 11.1. The van der Waals surface area contributed by atoms with Crippen LogP contribution in [-0.2, 0) is 4.79 Å². The lowest BCUT2D eigenvalue weighted by molar-refractivity contribution is -0.121. The number of rotatable bonds is 10. The van der Waals surface area contributed by atoms with Crippen LogP contribution in [0.15, 0.2) is 11.6 Å². The van der Waals surface area contributed by atoms with Crippen molar-refractivity contribution in [3.05, 3.63) is 11.6 Å². The van der Waals surface area contributed by atoms with E-state index >= 15 is 0 Å². The molecule has 0 atom stereocenters. The summed E-state index contributed by atoms with van der Waals surface area (Å²) in [6.07, 6.45) is 9.23. The van der Waals surface area contributed by atoms with Crippen molar-refractivity contribution in [3.63, 3.8) is 0 Å². The van der Waals surface area contributed by atoms with Crippen LogP contribution in [0.1, 0.15) is 58.3 Å². The Morgan fingerprint density at radius 1 is 1.12 bits per heavy atom. The SMILES string of the molecule is C=C(Cl)CNC(=O)CCCCCCCCC. The van der Waals surface area contributed by atoms with Crippen LogP contribution in [0.25, 0.3) is 0 Å². The number of carbonyl (C=O) groups is 1. The molecule has 3 heteroatoms. The fourth-order valence-corrected chi connectivity index (χ4v) is 1.59. The minimum atomic E-state index is 0.0790. The number of carbonyl (C=O) groups excluding carboxylic acids is 1. The van der Waals surface area contributed by atoms with Crippen molar-refractivity contribution in [2.75, 3.05) is 6.54 Å². The predicted octanol–water partition coefficient (Wildman–Crippen LogP) is 4.00. The highest BCUT2D eigenvalue weighted by Crippen LogP contribution is 2.08. The highest BCUT2D eigenvalue weighted by molar-refractivity contribution is 6.29. The summed E-state index contributed by atoms with van der Waals surface area (Å²) in [7, 11) is 0. The molecule has 0 saturated carbocycles. The third kappa shape index (κ3) is 11.6. The van der Waals surface area contributed by atoms with Crippen LogP contribution >= 0.6 is 11.6 Å². The van der Waals surface area contributed by atoms with E-state index in [1.807, 2.05) is 0 Å². The molecule has 0 rings (SSSR count). The first-order chi connectivity index (χ1) is 7.66. The first-order valence-electron chi connectivity index (χ1n) is 6.26. The lowest BCUT2D eigenvalue weighted by Crippen LogP contribution is -2.23. The molecule has 2 nitrogen and oxygen atoms in total. The summed E-state index contributed by atoms with van der Waals surface area (Å²) in [5.74, 6) is 0.0790. The summed E-state index contributed by atoms with van der Waals surface area (Å²) in [6.45, 7) is 6.12. The van der Waals surface area contributed by atoms with Gasteiger partial charge in [0.1, 0.15) is 0 Å². The molecule has 1 N–H and O–H groups in total. The largest absolute Gasteiger partial charge is 0.351 e. The molecule has 0 bridgehead atoms. The second-order valence-electron chi connectivity index (χ2n) is 4.17. The van der Waals surface area contributed by atoms with Gasteiger partial charge in [-0.25, -0.2) is 0 Å². The molecule has 0 spiro atoms. The molecule has 0 aromatic heterocycles. The number of amides is 1. The molecule has 16 heavy (non-hydrogen) atoms. The van der Waals surface area contributed by atoms with Gasteiger partial charge in [0.2, 0.25) is 5.91 Å². The molecule has 0 aromatic carbocycles. The van der Waals surface area contributed by atoms with Gasteiger partial charge in [-0.1, -0.05) is 63.6 Å². The minimum absolute atomic E-state index is 0.0790. The monoisotopic (exact) mass is 245 g/mol. The summed E-state index contributed by atoms with van der Waals surface area (Å²) in [5.41, 5.74) is 0. The van der Waals surface area contributed by atoms with Crippen LogP contribution in [0.2, 0.25) is 0 Å². The summed E-state index contributed by atoms with van der Waals surface area (Å²) >= 11 is 5.54. The van der Waals surface area contributed by atoms with E-state index < -0.39 is 0 Å². The third-order valence-corrected chi connectivity index (χ3v) is 2.62. The van der Waals surface area contributed by atoms with Crippen molar-refractivity contribution in [3.8, 4) is 0 Å². The first kappa shape index (κ1) is 15.5. The zero-order valence-electron chi connectivity index (χ0n) is 10.4. The Hall–Kier alpha value is -0.500.